The van der Waals surface area contributed by atoms with E-state index < -0.39 is 6.10 Å². The van der Waals surface area contributed by atoms with Crippen molar-refractivity contribution < 1.29 is 9.53 Å². The van der Waals surface area contributed by atoms with Crippen molar-refractivity contribution in [3.63, 3.8) is 0 Å². The largest absolute Gasteiger partial charge is 0.481 e. The number of halogens is 4. The van der Waals surface area contributed by atoms with Gasteiger partial charge in [0.25, 0.3) is 5.91 Å². The summed E-state index contributed by atoms with van der Waals surface area (Å²) >= 11 is 23.6. The van der Waals surface area contributed by atoms with E-state index in [9.17, 15) is 4.79 Å². The molecule has 0 heterocycles. The number of hydrogen-bond acceptors (Lipinski definition) is 2. The predicted molar refractivity (Wildman–Crippen MR) is 91.6 cm³/mol. The molecule has 0 aliphatic heterocycles. The van der Waals surface area contributed by atoms with Crippen LogP contribution in [-0.2, 0) is 4.79 Å². The van der Waals surface area contributed by atoms with Gasteiger partial charge in [-0.1, -0.05) is 46.4 Å². The van der Waals surface area contributed by atoms with E-state index in [0.29, 0.717) is 31.5 Å². The fourth-order valence-corrected chi connectivity index (χ4v) is 2.34. The van der Waals surface area contributed by atoms with Crippen molar-refractivity contribution in [1.29, 1.82) is 0 Å². The third kappa shape index (κ3) is 4.43. The van der Waals surface area contributed by atoms with Gasteiger partial charge in [0.15, 0.2) is 6.10 Å². The lowest BCUT2D eigenvalue weighted by atomic mass is 10.3. The molecule has 1 atom stereocenters. The van der Waals surface area contributed by atoms with Crippen LogP contribution in [-0.4, -0.2) is 12.0 Å². The average molecular weight is 379 g/mol. The first-order chi connectivity index (χ1) is 10.4. The van der Waals surface area contributed by atoms with Crippen LogP contribution in [0.2, 0.25) is 20.1 Å². The molecule has 0 aromatic heterocycles. The van der Waals surface area contributed by atoms with E-state index in [1.165, 1.54) is 12.1 Å². The Hall–Kier alpha value is -1.13. The fourth-order valence-electron chi connectivity index (χ4n) is 1.62. The van der Waals surface area contributed by atoms with Crippen LogP contribution in [0.1, 0.15) is 6.92 Å². The molecule has 0 saturated carbocycles. The Bertz CT molecular complexity index is 689. The normalized spacial score (nSPS) is 11.9. The Labute approximate surface area is 148 Å². The maximum absolute atomic E-state index is 12.1. The second-order valence-corrected chi connectivity index (χ2v) is 6.11. The zero-order valence-electron chi connectivity index (χ0n) is 11.4. The maximum atomic E-state index is 12.1. The molecule has 0 radical (unpaired) electrons. The first-order valence-electron chi connectivity index (χ1n) is 6.24. The fraction of sp³-hybridized carbons (Fsp3) is 0.133. The highest BCUT2D eigenvalue weighted by Crippen LogP contribution is 2.32. The number of ether oxygens (including phenoxy) is 1. The number of hydrogen-bond donors (Lipinski definition) is 1. The van der Waals surface area contributed by atoms with Gasteiger partial charge in [-0.05, 0) is 43.3 Å². The van der Waals surface area contributed by atoms with Gasteiger partial charge >= 0.3 is 0 Å². The summed E-state index contributed by atoms with van der Waals surface area (Å²) in [6, 6.07) is 9.66. The number of nitrogens with one attached hydrogen (secondary N) is 1. The van der Waals surface area contributed by atoms with Gasteiger partial charge in [-0.15, -0.1) is 0 Å². The summed E-state index contributed by atoms with van der Waals surface area (Å²) in [6.07, 6.45) is -0.730. The Morgan fingerprint density at radius 2 is 1.59 bits per heavy atom. The lowest BCUT2D eigenvalue weighted by Gasteiger charge is -2.15. The molecule has 0 aliphatic carbocycles. The first-order valence-corrected chi connectivity index (χ1v) is 7.75. The summed E-state index contributed by atoms with van der Waals surface area (Å²) < 4.78 is 5.52. The summed E-state index contributed by atoms with van der Waals surface area (Å²) in [7, 11) is 0. The number of benzene rings is 2. The molecule has 0 bridgehead atoms. The van der Waals surface area contributed by atoms with Gasteiger partial charge < -0.3 is 10.1 Å². The van der Waals surface area contributed by atoms with E-state index in [1.807, 2.05) is 0 Å². The lowest BCUT2D eigenvalue weighted by Crippen LogP contribution is -2.30. The molecule has 3 nitrogen and oxygen atoms in total. The second-order valence-electron chi connectivity index (χ2n) is 4.45. The predicted octanol–water partition coefficient (Wildman–Crippen LogP) is 5.71. The maximum Gasteiger partial charge on any atom is 0.265 e. The molecule has 2 aromatic carbocycles. The number of carbonyl (C=O) groups is 1. The first kappa shape index (κ1) is 17.2. The SMILES string of the molecule is C[C@H](Oc1ccc(Cl)cc1)C(=O)Nc1cc(Cl)c(Cl)cc1Cl. The zero-order chi connectivity index (χ0) is 16.3. The minimum atomic E-state index is -0.730. The van der Waals surface area contributed by atoms with Crippen LogP contribution in [0, 0.1) is 0 Å². The molecule has 2 rings (SSSR count). The molecule has 0 fully saturated rings. The van der Waals surface area contributed by atoms with Crippen LogP contribution in [0.5, 0.6) is 5.75 Å². The van der Waals surface area contributed by atoms with Gasteiger partial charge in [0.05, 0.1) is 20.8 Å². The van der Waals surface area contributed by atoms with Crippen molar-refractivity contribution in [1.82, 2.24) is 0 Å². The Kier molecular flexibility index (Phi) is 5.81. The smallest absolute Gasteiger partial charge is 0.265 e. The average Bonchev–Trinajstić information content (AvgIpc) is 2.47. The molecular formula is C15H11Cl4NO2. The van der Waals surface area contributed by atoms with E-state index in [0.717, 1.165) is 0 Å². The molecule has 1 amide bonds. The minimum Gasteiger partial charge on any atom is -0.481 e. The zero-order valence-corrected chi connectivity index (χ0v) is 14.4. The van der Waals surface area contributed by atoms with Crippen LogP contribution < -0.4 is 10.1 Å². The summed E-state index contributed by atoms with van der Waals surface area (Å²) in [5.41, 5.74) is 0.368. The highest BCUT2D eigenvalue weighted by Gasteiger charge is 2.17. The summed E-state index contributed by atoms with van der Waals surface area (Å²) in [5, 5.41) is 4.14. The number of anilines is 1. The summed E-state index contributed by atoms with van der Waals surface area (Å²) in [5.74, 6) is 0.169. The molecule has 116 valence electrons. The topological polar surface area (TPSA) is 38.3 Å². The van der Waals surface area contributed by atoms with Crippen molar-refractivity contribution in [3.05, 3.63) is 56.5 Å². The van der Waals surface area contributed by atoms with Crippen molar-refractivity contribution in [2.24, 2.45) is 0 Å². The quantitative estimate of drug-likeness (QED) is 0.692. The van der Waals surface area contributed by atoms with Gasteiger partial charge in [-0.2, -0.15) is 0 Å². The Balaban J connectivity index is 2.05. The number of carbonyl (C=O) groups excluding carboxylic acids is 1. The van der Waals surface area contributed by atoms with Crippen molar-refractivity contribution in [2.45, 2.75) is 13.0 Å². The Morgan fingerprint density at radius 1 is 1.00 bits per heavy atom. The molecule has 0 spiro atoms. The van der Waals surface area contributed by atoms with Gasteiger partial charge in [0, 0.05) is 5.02 Å². The number of rotatable bonds is 4. The van der Waals surface area contributed by atoms with Gasteiger partial charge in [-0.3, -0.25) is 4.79 Å². The summed E-state index contributed by atoms with van der Waals surface area (Å²) in [6.45, 7) is 1.62. The van der Waals surface area contributed by atoms with Crippen molar-refractivity contribution in [2.75, 3.05) is 5.32 Å². The molecule has 0 unspecified atom stereocenters. The van der Waals surface area contributed by atoms with Crippen LogP contribution in [0.15, 0.2) is 36.4 Å². The standard InChI is InChI=1S/C15H11Cl4NO2/c1-8(22-10-4-2-9(16)3-5-10)15(21)20-14-7-12(18)11(17)6-13(14)19/h2-8H,1H3,(H,20,21)/t8-/m0/s1. The molecule has 0 saturated heterocycles. The van der Waals surface area contributed by atoms with Gasteiger partial charge in [0.2, 0.25) is 0 Å². The van der Waals surface area contributed by atoms with E-state index in [1.54, 1.807) is 31.2 Å². The van der Waals surface area contributed by atoms with Crippen LogP contribution in [0.25, 0.3) is 0 Å². The van der Waals surface area contributed by atoms with Crippen LogP contribution in [0.4, 0.5) is 5.69 Å². The van der Waals surface area contributed by atoms with E-state index in [2.05, 4.69) is 5.32 Å². The molecule has 7 heteroatoms. The van der Waals surface area contributed by atoms with Crippen LogP contribution in [0.3, 0.4) is 0 Å². The van der Waals surface area contributed by atoms with Crippen molar-refractivity contribution >= 4 is 58.0 Å². The highest BCUT2D eigenvalue weighted by atomic mass is 35.5. The van der Waals surface area contributed by atoms with E-state index in [4.69, 9.17) is 51.1 Å². The second kappa shape index (κ2) is 7.42. The van der Waals surface area contributed by atoms with E-state index >= 15 is 0 Å². The van der Waals surface area contributed by atoms with E-state index in [-0.39, 0.29) is 5.91 Å². The highest BCUT2D eigenvalue weighted by molar-refractivity contribution is 6.44. The molecule has 22 heavy (non-hydrogen) atoms. The Morgan fingerprint density at radius 3 is 2.23 bits per heavy atom. The number of amides is 1. The third-order valence-electron chi connectivity index (χ3n) is 2.76. The minimum absolute atomic E-state index is 0.293. The summed E-state index contributed by atoms with van der Waals surface area (Å²) in [4.78, 5) is 12.1. The van der Waals surface area contributed by atoms with Crippen molar-refractivity contribution in [3.8, 4) is 5.75 Å². The molecule has 1 N–H and O–H groups in total. The molecule has 2 aromatic rings. The lowest BCUT2D eigenvalue weighted by molar-refractivity contribution is -0.122. The van der Waals surface area contributed by atoms with Gasteiger partial charge in [0.1, 0.15) is 5.75 Å². The monoisotopic (exact) mass is 377 g/mol. The van der Waals surface area contributed by atoms with Crippen LogP contribution >= 0.6 is 46.4 Å². The molecule has 0 aliphatic rings. The molecular weight excluding hydrogens is 368 g/mol. The third-order valence-corrected chi connectivity index (χ3v) is 4.05. The van der Waals surface area contributed by atoms with Gasteiger partial charge in [-0.25, -0.2) is 0 Å².